The lowest BCUT2D eigenvalue weighted by Gasteiger charge is -2.17. The van der Waals surface area contributed by atoms with E-state index in [4.69, 9.17) is 10.5 Å². The summed E-state index contributed by atoms with van der Waals surface area (Å²) >= 11 is 0. The van der Waals surface area contributed by atoms with Crippen LogP contribution in [0.5, 0.6) is 0 Å². The Kier molecular flexibility index (Phi) is 12.5. The Morgan fingerprint density at radius 1 is 1.12 bits per heavy atom. The molecule has 0 saturated carbocycles. The summed E-state index contributed by atoms with van der Waals surface area (Å²) in [7, 11) is 0. The lowest BCUT2D eigenvalue weighted by atomic mass is 10.1. The number of unbranched alkanes of at least 4 members (excludes halogenated alkanes) is 10. The van der Waals surface area contributed by atoms with Gasteiger partial charge in [0, 0.05) is 25.5 Å². The molecule has 0 spiro atoms. The summed E-state index contributed by atoms with van der Waals surface area (Å²) in [5, 5.41) is 9.39. The quantitative estimate of drug-likeness (QED) is 0.225. The fourth-order valence-corrected chi connectivity index (χ4v) is 4.01. The van der Waals surface area contributed by atoms with Gasteiger partial charge in [0.25, 0.3) is 5.56 Å². The van der Waals surface area contributed by atoms with E-state index in [2.05, 4.69) is 21.9 Å². The van der Waals surface area contributed by atoms with Crippen molar-refractivity contribution in [3.8, 4) is 0 Å². The van der Waals surface area contributed by atoms with Crippen molar-refractivity contribution in [1.82, 2.24) is 19.5 Å². The number of carbonyl (C=O) groups is 1. The first-order valence-corrected chi connectivity index (χ1v) is 12.5. The highest BCUT2D eigenvalue weighted by molar-refractivity contribution is 5.70. The van der Waals surface area contributed by atoms with Crippen LogP contribution in [0, 0.1) is 5.92 Å². The fourth-order valence-electron chi connectivity index (χ4n) is 4.01. The number of nitrogen functional groups attached to an aromatic ring is 1. The van der Waals surface area contributed by atoms with Crippen molar-refractivity contribution in [2.75, 3.05) is 18.9 Å². The SMILES string of the molecule is CCCCCCCCCCCCCC(=O)OC[C@H](CCO)Cn1cnc2c(=O)[nH]c(N)nc21. The molecule has 0 radical (unpaired) electrons. The Hall–Kier alpha value is -2.42. The number of ether oxygens (including phenoxy) is 1. The van der Waals surface area contributed by atoms with Crippen LogP contribution in [0.3, 0.4) is 0 Å². The molecule has 0 unspecified atom stereocenters. The Bertz CT molecular complexity index is 879. The number of aromatic nitrogens is 4. The van der Waals surface area contributed by atoms with E-state index in [1.165, 1.54) is 64.1 Å². The average molecular weight is 464 g/mol. The summed E-state index contributed by atoms with van der Waals surface area (Å²) in [6, 6.07) is 0. The minimum atomic E-state index is -0.395. The molecule has 0 aromatic carbocycles. The first-order valence-electron chi connectivity index (χ1n) is 12.5. The van der Waals surface area contributed by atoms with Crippen LogP contribution in [0.25, 0.3) is 11.2 Å². The number of nitrogens with two attached hydrogens (primary N) is 1. The summed E-state index contributed by atoms with van der Waals surface area (Å²) in [6.45, 7) is 2.84. The van der Waals surface area contributed by atoms with Crippen molar-refractivity contribution in [2.24, 2.45) is 5.92 Å². The van der Waals surface area contributed by atoms with E-state index < -0.39 is 5.56 Å². The molecule has 2 heterocycles. The lowest BCUT2D eigenvalue weighted by Crippen LogP contribution is -2.21. The van der Waals surface area contributed by atoms with Gasteiger partial charge in [0.1, 0.15) is 0 Å². The van der Waals surface area contributed by atoms with E-state index in [-0.39, 0.29) is 36.6 Å². The fraction of sp³-hybridized carbons (Fsp3) is 0.750. The second-order valence-electron chi connectivity index (χ2n) is 8.87. The zero-order valence-electron chi connectivity index (χ0n) is 20.1. The minimum absolute atomic E-state index is 0.0198. The van der Waals surface area contributed by atoms with Gasteiger partial charge in [0.2, 0.25) is 5.95 Å². The summed E-state index contributed by atoms with van der Waals surface area (Å²) in [6.07, 6.45) is 16.0. The number of hydrogen-bond donors (Lipinski definition) is 3. The lowest BCUT2D eigenvalue weighted by molar-refractivity contribution is -0.145. The third-order valence-corrected chi connectivity index (χ3v) is 5.95. The third-order valence-electron chi connectivity index (χ3n) is 5.95. The predicted molar refractivity (Wildman–Crippen MR) is 130 cm³/mol. The van der Waals surface area contributed by atoms with Crippen molar-refractivity contribution in [2.45, 2.75) is 96.9 Å². The highest BCUT2D eigenvalue weighted by Crippen LogP contribution is 2.15. The van der Waals surface area contributed by atoms with Crippen LogP contribution in [0.15, 0.2) is 11.1 Å². The van der Waals surface area contributed by atoms with Gasteiger partial charge in [-0.1, -0.05) is 71.1 Å². The van der Waals surface area contributed by atoms with Crippen LogP contribution < -0.4 is 11.3 Å². The van der Waals surface area contributed by atoms with E-state index in [9.17, 15) is 14.7 Å². The first-order chi connectivity index (χ1) is 16.0. The molecular formula is C24H41N5O4. The highest BCUT2D eigenvalue weighted by Gasteiger charge is 2.16. The number of esters is 1. The maximum absolute atomic E-state index is 12.1. The number of aromatic amines is 1. The van der Waals surface area contributed by atoms with Gasteiger partial charge >= 0.3 is 5.97 Å². The molecule has 4 N–H and O–H groups in total. The number of carbonyl (C=O) groups excluding carboxylic acids is 1. The molecule has 0 fully saturated rings. The molecule has 0 saturated heterocycles. The molecule has 0 aliphatic rings. The first kappa shape index (κ1) is 26.8. The van der Waals surface area contributed by atoms with Crippen LogP contribution in [0.2, 0.25) is 0 Å². The molecule has 0 aliphatic carbocycles. The normalized spacial score (nSPS) is 12.3. The van der Waals surface area contributed by atoms with Crippen LogP contribution in [0.1, 0.15) is 90.4 Å². The van der Waals surface area contributed by atoms with Gasteiger partial charge in [-0.05, 0) is 12.8 Å². The van der Waals surface area contributed by atoms with Gasteiger partial charge in [-0.15, -0.1) is 0 Å². The van der Waals surface area contributed by atoms with Gasteiger partial charge in [-0.25, -0.2) is 4.98 Å². The number of anilines is 1. The van der Waals surface area contributed by atoms with E-state index in [1.807, 2.05) is 0 Å². The number of hydrogen-bond acceptors (Lipinski definition) is 7. The van der Waals surface area contributed by atoms with E-state index in [1.54, 1.807) is 4.57 Å². The number of aliphatic hydroxyl groups excluding tert-OH is 1. The van der Waals surface area contributed by atoms with Crippen molar-refractivity contribution in [3.05, 3.63) is 16.7 Å². The molecule has 0 amide bonds. The predicted octanol–water partition coefficient (Wildman–Crippen LogP) is 3.94. The Labute approximate surface area is 196 Å². The number of H-pyrrole nitrogens is 1. The standard InChI is InChI=1S/C24H41N5O4/c1-2-3-4-5-6-7-8-9-10-11-12-13-20(31)33-17-19(14-15-30)16-29-18-26-21-22(29)27-24(25)28-23(21)32/h18-19,30H,2-17H2,1H3,(H3,25,27,28,32)/t19-/m1/s1. The molecule has 2 rings (SSSR count). The molecular weight excluding hydrogens is 422 g/mol. The molecule has 9 nitrogen and oxygen atoms in total. The second-order valence-corrected chi connectivity index (χ2v) is 8.87. The van der Waals surface area contributed by atoms with Crippen LogP contribution in [0.4, 0.5) is 5.95 Å². The van der Waals surface area contributed by atoms with E-state index in [0.29, 0.717) is 25.0 Å². The largest absolute Gasteiger partial charge is 0.465 e. The maximum Gasteiger partial charge on any atom is 0.305 e. The molecule has 2 aromatic rings. The van der Waals surface area contributed by atoms with Gasteiger partial charge in [0.15, 0.2) is 11.2 Å². The number of fused-ring (bicyclic) bond motifs is 1. The number of imidazole rings is 1. The van der Waals surface area contributed by atoms with Crippen molar-refractivity contribution in [3.63, 3.8) is 0 Å². The minimum Gasteiger partial charge on any atom is -0.465 e. The summed E-state index contributed by atoms with van der Waals surface area (Å²) in [5.74, 6) is -0.300. The zero-order valence-corrected chi connectivity index (χ0v) is 20.1. The Morgan fingerprint density at radius 3 is 2.39 bits per heavy atom. The molecule has 0 aliphatic heterocycles. The number of aliphatic hydroxyl groups is 1. The Balaban J connectivity index is 1.64. The molecule has 33 heavy (non-hydrogen) atoms. The van der Waals surface area contributed by atoms with E-state index >= 15 is 0 Å². The van der Waals surface area contributed by atoms with Crippen molar-refractivity contribution >= 4 is 23.1 Å². The molecule has 186 valence electrons. The van der Waals surface area contributed by atoms with Gasteiger partial charge in [-0.2, -0.15) is 4.98 Å². The van der Waals surface area contributed by atoms with Crippen LogP contribution in [-0.2, 0) is 16.1 Å². The molecule has 9 heteroatoms. The smallest absolute Gasteiger partial charge is 0.305 e. The maximum atomic E-state index is 12.1. The molecule has 0 bridgehead atoms. The monoisotopic (exact) mass is 463 g/mol. The van der Waals surface area contributed by atoms with E-state index in [0.717, 1.165) is 12.8 Å². The summed E-state index contributed by atoms with van der Waals surface area (Å²) in [5.41, 5.74) is 5.83. The zero-order chi connectivity index (χ0) is 23.9. The highest BCUT2D eigenvalue weighted by atomic mass is 16.5. The molecule has 1 atom stereocenters. The summed E-state index contributed by atoms with van der Waals surface area (Å²) < 4.78 is 7.17. The average Bonchev–Trinajstić information content (AvgIpc) is 3.18. The van der Waals surface area contributed by atoms with Crippen molar-refractivity contribution < 1.29 is 14.6 Å². The van der Waals surface area contributed by atoms with Gasteiger partial charge in [-0.3, -0.25) is 14.6 Å². The van der Waals surface area contributed by atoms with Gasteiger partial charge in [0.05, 0.1) is 12.9 Å². The summed E-state index contributed by atoms with van der Waals surface area (Å²) in [4.78, 5) is 34.7. The second kappa shape index (κ2) is 15.4. The van der Waals surface area contributed by atoms with Gasteiger partial charge < -0.3 is 20.1 Å². The van der Waals surface area contributed by atoms with Crippen LogP contribution in [-0.4, -0.2) is 43.8 Å². The number of rotatable bonds is 18. The van der Waals surface area contributed by atoms with Crippen molar-refractivity contribution in [1.29, 1.82) is 0 Å². The third kappa shape index (κ3) is 9.94. The van der Waals surface area contributed by atoms with Crippen LogP contribution >= 0.6 is 0 Å². The Morgan fingerprint density at radius 2 is 1.76 bits per heavy atom. The number of nitrogens with one attached hydrogen (secondary N) is 1. The topological polar surface area (TPSA) is 136 Å². The molecule has 2 aromatic heterocycles. The number of nitrogens with zero attached hydrogens (tertiary/aromatic N) is 3.